The molecule has 0 unspecified atom stereocenters. The molecular formula is C23H22F2N4O2S. The lowest BCUT2D eigenvalue weighted by molar-refractivity contribution is -0.120. The predicted octanol–water partition coefficient (Wildman–Crippen LogP) is 5.38. The first-order chi connectivity index (χ1) is 15.3. The monoisotopic (exact) mass is 456 g/mol. The number of anilines is 1. The summed E-state index contributed by atoms with van der Waals surface area (Å²) in [6.07, 6.45) is -1.13. The molecule has 166 valence electrons. The lowest BCUT2D eigenvalue weighted by Gasteiger charge is -2.32. The van der Waals surface area contributed by atoms with E-state index < -0.39 is 17.9 Å². The largest absolute Gasteiger partial charge is 0.447 e. The first-order valence-electron chi connectivity index (χ1n) is 10.3. The predicted molar refractivity (Wildman–Crippen MR) is 119 cm³/mol. The maximum Gasteiger partial charge on any atom is 0.247 e. The van der Waals surface area contributed by atoms with E-state index in [2.05, 4.69) is 15.2 Å². The van der Waals surface area contributed by atoms with Crippen molar-refractivity contribution in [2.24, 2.45) is 0 Å². The summed E-state index contributed by atoms with van der Waals surface area (Å²) in [6.45, 7) is 7.44. The van der Waals surface area contributed by atoms with Crippen molar-refractivity contribution in [3.63, 3.8) is 0 Å². The van der Waals surface area contributed by atoms with Crippen LogP contribution in [-0.4, -0.2) is 26.8 Å². The lowest BCUT2D eigenvalue weighted by Crippen LogP contribution is -2.38. The van der Waals surface area contributed by atoms with Gasteiger partial charge in [0.05, 0.1) is 11.3 Å². The van der Waals surface area contributed by atoms with Gasteiger partial charge in [0, 0.05) is 12.0 Å². The zero-order valence-electron chi connectivity index (χ0n) is 18.1. The van der Waals surface area contributed by atoms with Gasteiger partial charge in [-0.3, -0.25) is 9.69 Å². The molecule has 3 aromatic rings. The van der Waals surface area contributed by atoms with Crippen molar-refractivity contribution < 1.29 is 18.3 Å². The number of fused-ring (bicyclic) bond motifs is 3. The van der Waals surface area contributed by atoms with E-state index >= 15 is 0 Å². The number of carbonyl (C=O) groups is 1. The molecule has 1 aliphatic rings. The number of amides is 1. The third kappa shape index (κ3) is 3.81. The normalized spacial score (nSPS) is 14.9. The number of aromatic nitrogens is 3. The zero-order valence-corrected chi connectivity index (χ0v) is 19.0. The molecule has 1 amide bonds. The van der Waals surface area contributed by atoms with E-state index in [9.17, 15) is 13.6 Å². The molecule has 0 bridgehead atoms. The van der Waals surface area contributed by atoms with Crippen molar-refractivity contribution in [1.82, 2.24) is 15.2 Å². The molecule has 1 aromatic heterocycles. The van der Waals surface area contributed by atoms with E-state index in [1.54, 1.807) is 6.92 Å². The number of benzene rings is 2. The molecule has 1 aliphatic heterocycles. The van der Waals surface area contributed by atoms with Gasteiger partial charge in [-0.15, -0.1) is 10.2 Å². The highest BCUT2D eigenvalue weighted by Gasteiger charge is 2.38. The fraction of sp³-hybridized carbons (Fsp3) is 0.304. The van der Waals surface area contributed by atoms with Crippen LogP contribution >= 0.6 is 11.8 Å². The molecule has 0 N–H and O–H groups in total. The van der Waals surface area contributed by atoms with Crippen LogP contribution in [0.2, 0.25) is 0 Å². The molecule has 32 heavy (non-hydrogen) atoms. The molecule has 0 aliphatic carbocycles. The summed E-state index contributed by atoms with van der Waals surface area (Å²) in [7, 11) is 0. The van der Waals surface area contributed by atoms with Gasteiger partial charge in [0.1, 0.15) is 0 Å². The van der Waals surface area contributed by atoms with Gasteiger partial charge in [-0.05, 0) is 37.3 Å². The summed E-state index contributed by atoms with van der Waals surface area (Å²) in [4.78, 5) is 19.0. The number of halogens is 2. The van der Waals surface area contributed by atoms with E-state index in [4.69, 9.17) is 4.74 Å². The van der Waals surface area contributed by atoms with Gasteiger partial charge in [0.25, 0.3) is 0 Å². The van der Waals surface area contributed by atoms with E-state index in [0.717, 1.165) is 22.9 Å². The molecule has 0 spiro atoms. The SMILES string of the molecule is CCSc1nnc2c(n1)O[C@@H](c1cccc(F)c1F)N(C(=O)CC)c1c(C)cc(C)cc1-2. The van der Waals surface area contributed by atoms with Crippen molar-refractivity contribution in [1.29, 1.82) is 0 Å². The first kappa shape index (κ1) is 22.1. The summed E-state index contributed by atoms with van der Waals surface area (Å²) >= 11 is 1.38. The Morgan fingerprint density at radius 2 is 1.97 bits per heavy atom. The maximum atomic E-state index is 14.9. The molecular weight excluding hydrogens is 434 g/mol. The average molecular weight is 457 g/mol. The minimum absolute atomic E-state index is 0.103. The molecule has 1 atom stereocenters. The topological polar surface area (TPSA) is 68.2 Å². The van der Waals surface area contributed by atoms with Gasteiger partial charge in [-0.1, -0.05) is 49.4 Å². The highest BCUT2D eigenvalue weighted by molar-refractivity contribution is 7.99. The van der Waals surface area contributed by atoms with Gasteiger partial charge in [0.2, 0.25) is 23.2 Å². The standard InChI is InChI=1S/C23H22F2N4O2S/c1-5-17(30)29-20-13(4)10-12(3)11-15(20)19-21(26-23(28-27-19)32-6-2)31-22(29)14-8-7-9-16(24)18(14)25/h7-11,22H,5-6H2,1-4H3/t22-/m0/s1. The van der Waals surface area contributed by atoms with Crippen LogP contribution in [0.3, 0.4) is 0 Å². The van der Waals surface area contributed by atoms with E-state index in [0.29, 0.717) is 22.1 Å². The second-order valence-corrected chi connectivity index (χ2v) is 8.62. The molecule has 0 saturated heterocycles. The number of ether oxygens (including phenoxy) is 1. The minimum atomic E-state index is -1.27. The fourth-order valence-corrected chi connectivity index (χ4v) is 4.32. The number of hydrogen-bond donors (Lipinski definition) is 0. The smallest absolute Gasteiger partial charge is 0.247 e. The number of nitrogens with zero attached hydrogens (tertiary/aromatic N) is 4. The molecule has 2 aromatic carbocycles. The van der Waals surface area contributed by atoms with Crippen LogP contribution in [0.4, 0.5) is 14.5 Å². The van der Waals surface area contributed by atoms with Gasteiger partial charge in [-0.25, -0.2) is 8.78 Å². The summed E-state index contributed by atoms with van der Waals surface area (Å²) in [6, 6.07) is 7.60. The number of thioether (sulfide) groups is 1. The van der Waals surface area contributed by atoms with Gasteiger partial charge < -0.3 is 4.74 Å². The van der Waals surface area contributed by atoms with Crippen molar-refractivity contribution in [2.75, 3.05) is 10.7 Å². The second kappa shape index (κ2) is 8.82. The Morgan fingerprint density at radius 1 is 1.19 bits per heavy atom. The molecule has 9 heteroatoms. The number of carbonyl (C=O) groups excluding carboxylic acids is 1. The number of rotatable bonds is 4. The molecule has 0 saturated carbocycles. The van der Waals surface area contributed by atoms with Crippen LogP contribution in [0.5, 0.6) is 5.88 Å². The van der Waals surface area contributed by atoms with Crippen molar-refractivity contribution in [2.45, 2.75) is 45.5 Å². The molecule has 6 nitrogen and oxygen atoms in total. The fourth-order valence-electron chi connectivity index (χ4n) is 3.81. The van der Waals surface area contributed by atoms with Gasteiger partial charge >= 0.3 is 0 Å². The maximum absolute atomic E-state index is 14.9. The average Bonchev–Trinajstić information content (AvgIpc) is 2.90. The van der Waals surface area contributed by atoms with Crippen LogP contribution in [0.1, 0.15) is 43.2 Å². The van der Waals surface area contributed by atoms with Crippen LogP contribution in [0.25, 0.3) is 11.3 Å². The van der Waals surface area contributed by atoms with Crippen LogP contribution < -0.4 is 9.64 Å². The molecule has 2 heterocycles. The molecule has 4 rings (SSSR count). The third-order valence-electron chi connectivity index (χ3n) is 5.13. The Bertz CT molecular complexity index is 1200. The van der Waals surface area contributed by atoms with Crippen LogP contribution in [0, 0.1) is 25.5 Å². The van der Waals surface area contributed by atoms with E-state index in [-0.39, 0.29) is 23.8 Å². The second-order valence-electron chi connectivity index (χ2n) is 7.39. The highest BCUT2D eigenvalue weighted by Crippen LogP contribution is 2.46. The Hall–Kier alpha value is -3.07. The summed E-state index contributed by atoms with van der Waals surface area (Å²) in [5.74, 6) is -1.58. The third-order valence-corrected chi connectivity index (χ3v) is 5.85. The summed E-state index contributed by atoms with van der Waals surface area (Å²) in [5.41, 5.74) is 3.08. The summed E-state index contributed by atoms with van der Waals surface area (Å²) < 4.78 is 35.2. The van der Waals surface area contributed by atoms with Gasteiger partial charge in [0.15, 0.2) is 17.3 Å². The van der Waals surface area contributed by atoms with Crippen LogP contribution in [-0.2, 0) is 4.79 Å². The Kier molecular flexibility index (Phi) is 6.10. The highest BCUT2D eigenvalue weighted by atomic mass is 32.2. The van der Waals surface area contributed by atoms with Gasteiger partial charge in [-0.2, -0.15) is 4.98 Å². The van der Waals surface area contributed by atoms with Crippen molar-refractivity contribution in [3.8, 4) is 17.1 Å². The van der Waals surface area contributed by atoms with E-state index in [1.807, 2.05) is 32.9 Å². The minimum Gasteiger partial charge on any atom is -0.447 e. The Balaban J connectivity index is 2.05. The van der Waals surface area contributed by atoms with E-state index in [1.165, 1.54) is 28.8 Å². The lowest BCUT2D eigenvalue weighted by atomic mass is 9.99. The number of hydrogen-bond acceptors (Lipinski definition) is 6. The summed E-state index contributed by atoms with van der Waals surface area (Å²) in [5, 5.41) is 8.92. The molecule has 0 fully saturated rings. The first-order valence-corrected chi connectivity index (χ1v) is 11.3. The number of aryl methyl sites for hydroxylation is 2. The van der Waals surface area contributed by atoms with Crippen LogP contribution in [0.15, 0.2) is 35.5 Å². The quantitative estimate of drug-likeness (QED) is 0.491. The Labute approximate surface area is 189 Å². The molecule has 0 radical (unpaired) electrons. The zero-order chi connectivity index (χ0) is 23.0. The Morgan fingerprint density at radius 3 is 2.69 bits per heavy atom. The van der Waals surface area contributed by atoms with Crippen molar-refractivity contribution >= 4 is 23.4 Å². The van der Waals surface area contributed by atoms with Crippen molar-refractivity contribution in [3.05, 3.63) is 58.7 Å².